The molecule has 5 rings (SSSR count). The average molecular weight is 380 g/mol. The Bertz CT molecular complexity index is 981. The predicted octanol–water partition coefficient (Wildman–Crippen LogP) is 0.585. The Balaban J connectivity index is 1.48. The summed E-state index contributed by atoms with van der Waals surface area (Å²) in [5.41, 5.74) is 8.16. The summed E-state index contributed by atoms with van der Waals surface area (Å²) >= 11 is 0. The Hall–Kier alpha value is -2.74. The number of nitrogens with two attached hydrogens (primary N) is 1. The first-order valence-electron chi connectivity index (χ1n) is 9.93. The van der Waals surface area contributed by atoms with Crippen molar-refractivity contribution in [3.63, 3.8) is 0 Å². The zero-order valence-electron chi connectivity index (χ0n) is 15.7. The standard InChI is InChI=1S/C20H24N6O2/c21-18-7-16(23-11-24-18)13-5-17-14-4-12(9-26(17)19(27)6-13)8-25(10-14)20(28)15-2-1-3-22-15/h5-7,11-12,14-15,22H,1-4,8-10H2,(H2,21,23,24)/t12-,14+,15-/m0/s1. The smallest absolute Gasteiger partial charge is 0.251 e. The Labute approximate surface area is 162 Å². The van der Waals surface area contributed by atoms with Gasteiger partial charge in [0.25, 0.3) is 5.56 Å². The number of hydrogen-bond acceptors (Lipinski definition) is 6. The fraction of sp³-hybridized carbons (Fsp3) is 0.500. The van der Waals surface area contributed by atoms with Gasteiger partial charge in [-0.05, 0) is 37.8 Å². The van der Waals surface area contributed by atoms with E-state index < -0.39 is 0 Å². The molecule has 0 radical (unpaired) electrons. The van der Waals surface area contributed by atoms with Crippen LogP contribution in [-0.2, 0) is 11.3 Å². The molecule has 3 N–H and O–H groups in total. The van der Waals surface area contributed by atoms with E-state index in [9.17, 15) is 9.59 Å². The fourth-order valence-corrected chi connectivity index (χ4v) is 4.93. The SMILES string of the molecule is Nc1cc(-c2cc3n(c(=O)c2)C[C@H]2C[C@@H]3CN(C(=O)[C@@H]3CCCN3)C2)ncn1. The summed E-state index contributed by atoms with van der Waals surface area (Å²) in [6, 6.07) is 5.29. The van der Waals surface area contributed by atoms with Crippen molar-refractivity contribution < 1.29 is 4.79 Å². The number of carbonyl (C=O) groups is 1. The Kier molecular flexibility index (Phi) is 4.16. The predicted molar refractivity (Wildman–Crippen MR) is 105 cm³/mol. The van der Waals surface area contributed by atoms with Crippen molar-refractivity contribution >= 4 is 11.7 Å². The van der Waals surface area contributed by atoms with E-state index in [1.165, 1.54) is 6.33 Å². The molecule has 3 atom stereocenters. The van der Waals surface area contributed by atoms with Gasteiger partial charge in [0.15, 0.2) is 0 Å². The summed E-state index contributed by atoms with van der Waals surface area (Å²) < 4.78 is 1.88. The van der Waals surface area contributed by atoms with Crippen LogP contribution in [0.4, 0.5) is 5.82 Å². The lowest BCUT2D eigenvalue weighted by Crippen LogP contribution is -2.53. The monoisotopic (exact) mass is 380 g/mol. The van der Waals surface area contributed by atoms with Gasteiger partial charge in [-0.3, -0.25) is 9.59 Å². The van der Waals surface area contributed by atoms with Crippen molar-refractivity contribution in [1.29, 1.82) is 0 Å². The topological polar surface area (TPSA) is 106 Å². The lowest BCUT2D eigenvalue weighted by Gasteiger charge is -2.43. The first-order chi connectivity index (χ1) is 13.6. The maximum atomic E-state index is 12.9. The molecule has 2 saturated heterocycles. The van der Waals surface area contributed by atoms with Crippen LogP contribution in [0, 0.1) is 5.92 Å². The lowest BCUT2D eigenvalue weighted by atomic mass is 9.82. The molecule has 0 unspecified atom stereocenters. The molecule has 3 aliphatic rings. The van der Waals surface area contributed by atoms with E-state index in [4.69, 9.17) is 5.73 Å². The number of nitrogens with one attached hydrogen (secondary N) is 1. The Morgan fingerprint density at radius 3 is 2.86 bits per heavy atom. The minimum absolute atomic E-state index is 0.0170. The number of anilines is 1. The van der Waals surface area contributed by atoms with Crippen LogP contribution in [0.1, 0.15) is 30.9 Å². The highest BCUT2D eigenvalue weighted by Crippen LogP contribution is 2.36. The largest absolute Gasteiger partial charge is 0.384 e. The molecule has 8 heteroatoms. The quantitative estimate of drug-likeness (QED) is 0.790. The molecule has 8 nitrogen and oxygen atoms in total. The van der Waals surface area contributed by atoms with Crippen LogP contribution in [0.3, 0.4) is 0 Å². The van der Waals surface area contributed by atoms with E-state index in [0.717, 1.165) is 43.6 Å². The van der Waals surface area contributed by atoms with Crippen molar-refractivity contribution in [3.05, 3.63) is 40.6 Å². The fourth-order valence-electron chi connectivity index (χ4n) is 4.93. The van der Waals surface area contributed by atoms with Crippen LogP contribution >= 0.6 is 0 Å². The molecule has 2 bridgehead atoms. The van der Waals surface area contributed by atoms with Crippen LogP contribution < -0.4 is 16.6 Å². The molecule has 2 aromatic rings. The molecule has 28 heavy (non-hydrogen) atoms. The first-order valence-corrected chi connectivity index (χ1v) is 9.93. The van der Waals surface area contributed by atoms with E-state index in [1.807, 2.05) is 15.5 Å². The van der Waals surface area contributed by atoms with E-state index in [2.05, 4.69) is 15.3 Å². The molecule has 1 amide bonds. The highest BCUT2D eigenvalue weighted by molar-refractivity contribution is 5.82. The second-order valence-corrected chi connectivity index (χ2v) is 8.14. The summed E-state index contributed by atoms with van der Waals surface area (Å²) in [6.07, 6.45) is 4.39. The molecular weight excluding hydrogens is 356 g/mol. The highest BCUT2D eigenvalue weighted by Gasteiger charge is 2.38. The van der Waals surface area contributed by atoms with Gasteiger partial charge >= 0.3 is 0 Å². The molecule has 5 heterocycles. The summed E-state index contributed by atoms with van der Waals surface area (Å²) in [4.78, 5) is 35.9. The molecular formula is C20H24N6O2. The van der Waals surface area contributed by atoms with Crippen LogP contribution in [-0.4, -0.2) is 51.0 Å². The van der Waals surface area contributed by atoms with Gasteiger partial charge in [0, 0.05) is 48.9 Å². The number of fused-ring (bicyclic) bond motifs is 4. The van der Waals surface area contributed by atoms with Crippen molar-refractivity contribution in [3.8, 4) is 11.3 Å². The molecule has 2 fully saturated rings. The molecule has 0 spiro atoms. The molecule has 2 aromatic heterocycles. The van der Waals surface area contributed by atoms with Gasteiger partial charge in [-0.1, -0.05) is 0 Å². The number of rotatable bonds is 2. The third-order valence-electron chi connectivity index (χ3n) is 6.21. The zero-order valence-corrected chi connectivity index (χ0v) is 15.7. The van der Waals surface area contributed by atoms with Gasteiger partial charge in [0.05, 0.1) is 11.7 Å². The maximum Gasteiger partial charge on any atom is 0.251 e. The number of piperidine rings is 1. The third-order valence-corrected chi connectivity index (χ3v) is 6.21. The Morgan fingerprint density at radius 2 is 2.07 bits per heavy atom. The van der Waals surface area contributed by atoms with Gasteiger partial charge in [-0.25, -0.2) is 9.97 Å². The van der Waals surface area contributed by atoms with Crippen LogP contribution in [0.2, 0.25) is 0 Å². The summed E-state index contributed by atoms with van der Waals surface area (Å²) in [5, 5.41) is 3.31. The lowest BCUT2D eigenvalue weighted by molar-refractivity contribution is -0.135. The number of likely N-dealkylation sites (tertiary alicyclic amines) is 1. The van der Waals surface area contributed by atoms with Crippen LogP contribution in [0.15, 0.2) is 29.3 Å². The zero-order chi connectivity index (χ0) is 19.3. The summed E-state index contributed by atoms with van der Waals surface area (Å²) in [6.45, 7) is 2.99. The maximum absolute atomic E-state index is 12.9. The van der Waals surface area contributed by atoms with Crippen molar-refractivity contribution in [2.45, 2.75) is 37.8 Å². The first kappa shape index (κ1) is 17.4. The van der Waals surface area contributed by atoms with Crippen LogP contribution in [0.25, 0.3) is 11.3 Å². The Morgan fingerprint density at radius 1 is 1.18 bits per heavy atom. The number of nitrogens with zero attached hydrogens (tertiary/aromatic N) is 4. The number of nitrogen functional groups attached to an aromatic ring is 1. The molecule has 3 aliphatic heterocycles. The molecule has 0 aliphatic carbocycles. The van der Waals surface area contributed by atoms with Crippen LogP contribution in [0.5, 0.6) is 0 Å². The molecule has 0 aromatic carbocycles. The van der Waals surface area contributed by atoms with E-state index in [1.54, 1.807) is 12.1 Å². The minimum atomic E-state index is -0.0450. The van der Waals surface area contributed by atoms with Gasteiger partial charge in [-0.15, -0.1) is 0 Å². The summed E-state index contributed by atoms with van der Waals surface area (Å²) in [5.74, 6) is 1.09. The number of amides is 1. The highest BCUT2D eigenvalue weighted by atomic mass is 16.2. The van der Waals surface area contributed by atoms with E-state index in [0.29, 0.717) is 30.5 Å². The van der Waals surface area contributed by atoms with Crippen molar-refractivity contribution in [2.24, 2.45) is 5.92 Å². The van der Waals surface area contributed by atoms with Gasteiger partial charge in [0.1, 0.15) is 12.1 Å². The number of pyridine rings is 1. The minimum Gasteiger partial charge on any atom is -0.384 e. The second kappa shape index (κ2) is 6.70. The van der Waals surface area contributed by atoms with Gasteiger partial charge < -0.3 is 20.5 Å². The molecule has 0 saturated carbocycles. The average Bonchev–Trinajstić information content (AvgIpc) is 3.23. The number of hydrogen-bond donors (Lipinski definition) is 2. The van der Waals surface area contributed by atoms with E-state index >= 15 is 0 Å². The number of aromatic nitrogens is 3. The van der Waals surface area contributed by atoms with E-state index in [-0.39, 0.29) is 23.4 Å². The molecule has 146 valence electrons. The van der Waals surface area contributed by atoms with Crippen molar-refractivity contribution in [1.82, 2.24) is 24.8 Å². The third kappa shape index (κ3) is 2.97. The van der Waals surface area contributed by atoms with Gasteiger partial charge in [-0.2, -0.15) is 0 Å². The second-order valence-electron chi connectivity index (χ2n) is 8.14. The number of carbonyl (C=O) groups excluding carboxylic acids is 1. The summed E-state index contributed by atoms with van der Waals surface area (Å²) in [7, 11) is 0. The van der Waals surface area contributed by atoms with Gasteiger partial charge in [0.2, 0.25) is 5.91 Å². The normalized spacial score (nSPS) is 26.1. The van der Waals surface area contributed by atoms with Crippen molar-refractivity contribution in [2.75, 3.05) is 25.4 Å².